The molecule has 5 aromatic rings. The van der Waals surface area contributed by atoms with Gasteiger partial charge in [-0.3, -0.25) is 19.7 Å². The quantitative estimate of drug-likeness (QED) is 0.515. The van der Waals surface area contributed by atoms with Crippen molar-refractivity contribution < 1.29 is 4.52 Å². The van der Waals surface area contributed by atoms with E-state index in [9.17, 15) is 0 Å². The zero-order valence-corrected chi connectivity index (χ0v) is 13.8. The molecule has 0 saturated carbocycles. The van der Waals surface area contributed by atoms with E-state index >= 15 is 0 Å². The predicted octanol–water partition coefficient (Wildman–Crippen LogP) is 2.79. The number of nitrogens with one attached hydrogen (secondary N) is 2. The molecule has 2 N–H and O–H groups in total. The Bertz CT molecular complexity index is 1220. The summed E-state index contributed by atoms with van der Waals surface area (Å²) in [7, 11) is 0. The smallest absolute Gasteiger partial charge is 0.178 e. The fourth-order valence-corrected chi connectivity index (χ4v) is 2.84. The van der Waals surface area contributed by atoms with E-state index in [1.807, 2.05) is 37.4 Å². The third kappa shape index (κ3) is 2.55. The van der Waals surface area contributed by atoms with Gasteiger partial charge in [0.2, 0.25) is 0 Å². The molecule has 0 atom stereocenters. The Morgan fingerprint density at radius 1 is 1.23 bits per heavy atom. The van der Waals surface area contributed by atoms with E-state index in [1.54, 1.807) is 17.1 Å². The second-order valence-corrected chi connectivity index (χ2v) is 5.98. The number of aromatic amines is 1. The number of H-pyrrole nitrogens is 1. The number of aromatic nitrogens is 7. The summed E-state index contributed by atoms with van der Waals surface area (Å²) in [6, 6.07) is 7.61. The number of fused-ring (bicyclic) bond motifs is 2. The number of pyridine rings is 2. The molecule has 0 fully saturated rings. The highest BCUT2D eigenvalue weighted by Gasteiger charge is 2.09. The Morgan fingerprint density at radius 2 is 2.19 bits per heavy atom. The molecule has 0 aromatic carbocycles. The number of nitrogens with zero attached hydrogens (tertiary/aromatic N) is 6. The van der Waals surface area contributed by atoms with Crippen LogP contribution in [0.4, 0.5) is 11.5 Å². The van der Waals surface area contributed by atoms with Crippen molar-refractivity contribution in [1.29, 1.82) is 0 Å². The fraction of sp³-hybridized carbons (Fsp3) is 0.118. The van der Waals surface area contributed by atoms with E-state index in [4.69, 9.17) is 4.52 Å². The van der Waals surface area contributed by atoms with Crippen molar-refractivity contribution in [3.05, 3.63) is 54.3 Å². The lowest BCUT2D eigenvalue weighted by atomic mass is 10.3. The normalized spacial score (nSPS) is 11.4. The third-order valence-electron chi connectivity index (χ3n) is 3.99. The van der Waals surface area contributed by atoms with Gasteiger partial charge >= 0.3 is 0 Å². The summed E-state index contributed by atoms with van der Waals surface area (Å²) in [5, 5.41) is 19.0. The van der Waals surface area contributed by atoms with Crippen LogP contribution in [0.2, 0.25) is 0 Å². The largest absolute Gasteiger partial charge is 0.361 e. The monoisotopic (exact) mass is 346 g/mol. The van der Waals surface area contributed by atoms with Crippen molar-refractivity contribution in [1.82, 2.24) is 35.1 Å². The molecular formula is C17H14N8O. The molecule has 26 heavy (non-hydrogen) atoms. The Morgan fingerprint density at radius 3 is 3.08 bits per heavy atom. The number of anilines is 2. The van der Waals surface area contributed by atoms with Crippen molar-refractivity contribution >= 4 is 33.6 Å². The number of hydrogen-bond acceptors (Lipinski definition) is 7. The minimum Gasteiger partial charge on any atom is -0.361 e. The van der Waals surface area contributed by atoms with Gasteiger partial charge in [-0.05, 0) is 25.1 Å². The molecule has 0 aliphatic carbocycles. The lowest BCUT2D eigenvalue weighted by Crippen LogP contribution is -1.99. The van der Waals surface area contributed by atoms with Gasteiger partial charge in [0.25, 0.3) is 0 Å². The van der Waals surface area contributed by atoms with Gasteiger partial charge in [0, 0.05) is 12.3 Å². The first kappa shape index (κ1) is 14.6. The highest BCUT2D eigenvalue weighted by atomic mass is 16.5. The van der Waals surface area contributed by atoms with E-state index in [0.717, 1.165) is 39.2 Å². The Hall–Kier alpha value is -3.75. The number of aryl methyl sites for hydroxylation is 1. The summed E-state index contributed by atoms with van der Waals surface area (Å²) in [6.45, 7) is 2.40. The predicted molar refractivity (Wildman–Crippen MR) is 95.0 cm³/mol. The maximum atomic E-state index is 5.09. The van der Waals surface area contributed by atoms with Crippen LogP contribution in [-0.2, 0) is 6.54 Å². The molecule has 0 radical (unpaired) electrons. The average Bonchev–Trinajstić information content (AvgIpc) is 3.34. The molecule has 128 valence electrons. The van der Waals surface area contributed by atoms with Gasteiger partial charge in [-0.2, -0.15) is 10.2 Å². The molecule has 9 nitrogen and oxygen atoms in total. The lowest BCUT2D eigenvalue weighted by molar-refractivity contribution is 0.388. The second-order valence-electron chi connectivity index (χ2n) is 5.98. The second kappa shape index (κ2) is 5.66. The minimum atomic E-state index is 0.532. The molecule has 5 heterocycles. The van der Waals surface area contributed by atoms with Crippen LogP contribution < -0.4 is 5.32 Å². The van der Waals surface area contributed by atoms with Crippen molar-refractivity contribution in [2.24, 2.45) is 0 Å². The lowest BCUT2D eigenvalue weighted by Gasteiger charge is -2.02. The summed E-state index contributed by atoms with van der Waals surface area (Å²) < 4.78 is 6.89. The first-order valence-corrected chi connectivity index (χ1v) is 8.06. The Balaban J connectivity index is 1.44. The molecular weight excluding hydrogens is 332 g/mol. The highest BCUT2D eigenvalue weighted by molar-refractivity contribution is 5.88. The van der Waals surface area contributed by atoms with Crippen LogP contribution >= 0.6 is 0 Å². The van der Waals surface area contributed by atoms with Gasteiger partial charge in [0.15, 0.2) is 5.82 Å². The maximum absolute atomic E-state index is 5.09. The SMILES string of the molecule is Cc1cc(Cn2cc3ncc(Nc4n[nH]c5cccnc45)cc3n2)no1. The molecule has 0 unspecified atom stereocenters. The maximum Gasteiger partial charge on any atom is 0.178 e. The molecule has 5 rings (SSSR count). The fourth-order valence-electron chi connectivity index (χ4n) is 2.84. The molecule has 0 amide bonds. The Kier molecular flexibility index (Phi) is 3.17. The molecule has 5 aromatic heterocycles. The topological polar surface area (TPSA) is 110 Å². The number of hydrogen-bond donors (Lipinski definition) is 2. The van der Waals surface area contributed by atoms with Crippen LogP contribution in [0.3, 0.4) is 0 Å². The van der Waals surface area contributed by atoms with Crippen LogP contribution in [0.5, 0.6) is 0 Å². The first-order chi connectivity index (χ1) is 12.7. The Labute approximate surface area is 147 Å². The van der Waals surface area contributed by atoms with Gasteiger partial charge in [-0.15, -0.1) is 0 Å². The minimum absolute atomic E-state index is 0.532. The molecule has 0 spiro atoms. The summed E-state index contributed by atoms with van der Waals surface area (Å²) in [5.41, 5.74) is 4.85. The van der Waals surface area contributed by atoms with Crippen LogP contribution in [0.15, 0.2) is 47.4 Å². The standard InChI is InChI=1S/C17H14N8O/c1-10-5-12(24-26-10)8-25-9-15-14(23-25)6-11(7-19-15)20-17-16-13(21-22-17)3-2-4-18-16/h2-7,9H,8H2,1H3,(H2,20,21,22). The summed E-state index contributed by atoms with van der Waals surface area (Å²) in [5.74, 6) is 1.43. The molecule has 0 aliphatic rings. The summed E-state index contributed by atoms with van der Waals surface area (Å²) >= 11 is 0. The van der Waals surface area contributed by atoms with Crippen LogP contribution in [-0.4, -0.2) is 35.1 Å². The third-order valence-corrected chi connectivity index (χ3v) is 3.99. The average molecular weight is 346 g/mol. The van der Waals surface area contributed by atoms with E-state index in [-0.39, 0.29) is 0 Å². The van der Waals surface area contributed by atoms with Crippen molar-refractivity contribution in [2.45, 2.75) is 13.5 Å². The van der Waals surface area contributed by atoms with Crippen LogP contribution in [0.1, 0.15) is 11.5 Å². The summed E-state index contributed by atoms with van der Waals surface area (Å²) in [6.07, 6.45) is 5.37. The van der Waals surface area contributed by atoms with Gasteiger partial charge in [-0.1, -0.05) is 5.16 Å². The molecule has 9 heteroatoms. The molecule has 0 bridgehead atoms. The first-order valence-electron chi connectivity index (χ1n) is 8.06. The van der Waals surface area contributed by atoms with Crippen LogP contribution in [0.25, 0.3) is 22.1 Å². The summed E-state index contributed by atoms with van der Waals surface area (Å²) in [4.78, 5) is 8.80. The highest BCUT2D eigenvalue weighted by Crippen LogP contribution is 2.23. The van der Waals surface area contributed by atoms with Crippen molar-refractivity contribution in [3.8, 4) is 0 Å². The van der Waals surface area contributed by atoms with E-state index in [2.05, 4.69) is 35.7 Å². The zero-order chi connectivity index (χ0) is 17.5. The van der Waals surface area contributed by atoms with Gasteiger partial charge in [0.1, 0.15) is 28.0 Å². The van der Waals surface area contributed by atoms with E-state index in [1.165, 1.54) is 0 Å². The number of rotatable bonds is 4. The van der Waals surface area contributed by atoms with E-state index in [0.29, 0.717) is 12.4 Å². The molecule has 0 saturated heterocycles. The van der Waals surface area contributed by atoms with Gasteiger partial charge < -0.3 is 9.84 Å². The van der Waals surface area contributed by atoms with Gasteiger partial charge in [-0.25, -0.2) is 0 Å². The van der Waals surface area contributed by atoms with E-state index < -0.39 is 0 Å². The van der Waals surface area contributed by atoms with Crippen molar-refractivity contribution in [2.75, 3.05) is 5.32 Å². The van der Waals surface area contributed by atoms with Crippen LogP contribution in [0, 0.1) is 6.92 Å². The zero-order valence-electron chi connectivity index (χ0n) is 13.8. The molecule has 0 aliphatic heterocycles. The van der Waals surface area contributed by atoms with Gasteiger partial charge in [0.05, 0.1) is 30.1 Å². The van der Waals surface area contributed by atoms with Crippen molar-refractivity contribution in [3.63, 3.8) is 0 Å².